The standard InChI is InChI=1S/C15H21NO3S/c1-11(8-14(17)18)9-16-15(19)12(2)20-10-13-6-4-3-5-7-13/h3-7,11-12H,8-10H2,1-2H3,(H,16,19)(H,17,18). The number of carbonyl (C=O) groups is 2. The van der Waals surface area contributed by atoms with Gasteiger partial charge in [0.2, 0.25) is 5.91 Å². The number of carboxylic acid groups (broad SMARTS) is 1. The highest BCUT2D eigenvalue weighted by Crippen LogP contribution is 2.17. The van der Waals surface area contributed by atoms with Crippen LogP contribution in [-0.4, -0.2) is 28.8 Å². The van der Waals surface area contributed by atoms with Gasteiger partial charge in [-0.3, -0.25) is 9.59 Å². The molecule has 110 valence electrons. The first kappa shape index (κ1) is 16.6. The third-order valence-electron chi connectivity index (χ3n) is 2.86. The topological polar surface area (TPSA) is 66.4 Å². The number of carboxylic acids is 1. The minimum absolute atomic E-state index is 0.0387. The predicted molar refractivity (Wildman–Crippen MR) is 81.6 cm³/mol. The summed E-state index contributed by atoms with van der Waals surface area (Å²) in [5, 5.41) is 11.3. The lowest BCUT2D eigenvalue weighted by Gasteiger charge is -2.14. The van der Waals surface area contributed by atoms with Crippen LogP contribution in [0.5, 0.6) is 0 Å². The van der Waals surface area contributed by atoms with Gasteiger partial charge in [-0.15, -0.1) is 11.8 Å². The molecule has 2 N–H and O–H groups in total. The normalized spacial score (nSPS) is 13.5. The van der Waals surface area contributed by atoms with Gasteiger partial charge in [0.1, 0.15) is 0 Å². The first-order valence-electron chi connectivity index (χ1n) is 6.64. The van der Waals surface area contributed by atoms with Crippen molar-refractivity contribution in [2.45, 2.75) is 31.3 Å². The third-order valence-corrected chi connectivity index (χ3v) is 4.07. The molecule has 0 fully saturated rings. The van der Waals surface area contributed by atoms with Crippen LogP contribution in [0.4, 0.5) is 0 Å². The minimum Gasteiger partial charge on any atom is -0.481 e. The molecule has 0 aromatic heterocycles. The van der Waals surface area contributed by atoms with E-state index in [0.29, 0.717) is 6.54 Å². The monoisotopic (exact) mass is 295 g/mol. The average molecular weight is 295 g/mol. The summed E-state index contributed by atoms with van der Waals surface area (Å²) >= 11 is 1.57. The number of carbonyl (C=O) groups excluding carboxylic acids is 1. The number of aliphatic carboxylic acids is 1. The summed E-state index contributed by atoms with van der Waals surface area (Å²) in [6, 6.07) is 10.00. The maximum absolute atomic E-state index is 11.9. The second-order valence-corrected chi connectivity index (χ2v) is 6.22. The number of nitrogens with one attached hydrogen (secondary N) is 1. The highest BCUT2D eigenvalue weighted by molar-refractivity contribution is 7.99. The van der Waals surface area contributed by atoms with Crippen molar-refractivity contribution >= 4 is 23.6 Å². The van der Waals surface area contributed by atoms with E-state index >= 15 is 0 Å². The Balaban J connectivity index is 2.27. The Morgan fingerprint density at radius 1 is 1.25 bits per heavy atom. The van der Waals surface area contributed by atoms with Gasteiger partial charge in [-0.05, 0) is 18.4 Å². The van der Waals surface area contributed by atoms with Crippen LogP contribution >= 0.6 is 11.8 Å². The van der Waals surface area contributed by atoms with Crippen LogP contribution in [0.2, 0.25) is 0 Å². The Labute approximate surface area is 124 Å². The molecule has 1 rings (SSSR count). The summed E-state index contributed by atoms with van der Waals surface area (Å²) in [6.45, 7) is 4.09. The first-order valence-corrected chi connectivity index (χ1v) is 7.69. The summed E-state index contributed by atoms with van der Waals surface area (Å²) in [7, 11) is 0. The van der Waals surface area contributed by atoms with Crippen molar-refractivity contribution in [1.29, 1.82) is 0 Å². The van der Waals surface area contributed by atoms with Crippen LogP contribution in [0.1, 0.15) is 25.8 Å². The molecule has 2 unspecified atom stereocenters. The van der Waals surface area contributed by atoms with Gasteiger partial charge >= 0.3 is 5.97 Å². The van der Waals surface area contributed by atoms with Crippen LogP contribution in [0.15, 0.2) is 30.3 Å². The van der Waals surface area contributed by atoms with E-state index in [4.69, 9.17) is 5.11 Å². The molecule has 1 amide bonds. The first-order chi connectivity index (χ1) is 9.49. The van der Waals surface area contributed by atoms with E-state index in [0.717, 1.165) is 5.75 Å². The average Bonchev–Trinajstić information content (AvgIpc) is 2.42. The molecular weight excluding hydrogens is 274 g/mol. The molecule has 0 saturated carbocycles. The Bertz CT molecular complexity index is 436. The molecule has 0 heterocycles. The maximum atomic E-state index is 11.9. The lowest BCUT2D eigenvalue weighted by molar-refractivity contribution is -0.138. The van der Waals surface area contributed by atoms with E-state index in [2.05, 4.69) is 5.32 Å². The van der Waals surface area contributed by atoms with Crippen molar-refractivity contribution in [2.75, 3.05) is 6.54 Å². The van der Waals surface area contributed by atoms with Crippen molar-refractivity contribution in [2.24, 2.45) is 5.92 Å². The van der Waals surface area contributed by atoms with E-state index in [1.54, 1.807) is 11.8 Å². The molecule has 0 radical (unpaired) electrons. The molecule has 1 aromatic rings. The van der Waals surface area contributed by atoms with Crippen LogP contribution in [-0.2, 0) is 15.3 Å². The summed E-state index contributed by atoms with van der Waals surface area (Å²) in [4.78, 5) is 22.4. The molecule has 0 aliphatic rings. The predicted octanol–water partition coefficient (Wildman–Crippen LogP) is 2.54. The second-order valence-electron chi connectivity index (χ2n) is 4.89. The third kappa shape index (κ3) is 6.61. The molecule has 5 heteroatoms. The van der Waals surface area contributed by atoms with Gasteiger partial charge in [0, 0.05) is 18.7 Å². The van der Waals surface area contributed by atoms with Crippen molar-refractivity contribution in [1.82, 2.24) is 5.32 Å². The summed E-state index contributed by atoms with van der Waals surface area (Å²) in [5.41, 5.74) is 1.19. The Morgan fingerprint density at radius 3 is 2.50 bits per heavy atom. The lowest BCUT2D eigenvalue weighted by Crippen LogP contribution is -2.34. The fourth-order valence-electron chi connectivity index (χ4n) is 1.66. The van der Waals surface area contributed by atoms with Crippen LogP contribution < -0.4 is 5.32 Å². The number of amides is 1. The molecule has 0 spiro atoms. The summed E-state index contributed by atoms with van der Waals surface area (Å²) < 4.78 is 0. The molecule has 4 nitrogen and oxygen atoms in total. The summed E-state index contributed by atoms with van der Waals surface area (Å²) in [5.74, 6) is -0.135. The quantitative estimate of drug-likeness (QED) is 0.773. The van der Waals surface area contributed by atoms with Gasteiger partial charge in [-0.1, -0.05) is 37.3 Å². The van der Waals surface area contributed by atoms with E-state index in [1.807, 2.05) is 44.2 Å². The van der Waals surface area contributed by atoms with Crippen LogP contribution in [0, 0.1) is 5.92 Å². The van der Waals surface area contributed by atoms with Gasteiger partial charge in [0.15, 0.2) is 0 Å². The molecule has 0 aliphatic heterocycles. The van der Waals surface area contributed by atoms with Crippen molar-refractivity contribution in [3.63, 3.8) is 0 Å². The van der Waals surface area contributed by atoms with E-state index in [9.17, 15) is 9.59 Å². The Morgan fingerprint density at radius 2 is 1.90 bits per heavy atom. The van der Waals surface area contributed by atoms with Crippen molar-refractivity contribution < 1.29 is 14.7 Å². The highest BCUT2D eigenvalue weighted by atomic mass is 32.2. The van der Waals surface area contributed by atoms with Crippen LogP contribution in [0.25, 0.3) is 0 Å². The van der Waals surface area contributed by atoms with E-state index in [-0.39, 0.29) is 23.5 Å². The minimum atomic E-state index is -0.835. The van der Waals surface area contributed by atoms with E-state index in [1.165, 1.54) is 5.56 Å². The fourth-order valence-corrected chi connectivity index (χ4v) is 2.53. The number of hydrogen-bond donors (Lipinski definition) is 2. The van der Waals surface area contributed by atoms with Gasteiger partial charge in [0.25, 0.3) is 0 Å². The van der Waals surface area contributed by atoms with Gasteiger partial charge in [-0.2, -0.15) is 0 Å². The zero-order chi connectivity index (χ0) is 15.0. The fraction of sp³-hybridized carbons (Fsp3) is 0.467. The zero-order valence-corrected chi connectivity index (χ0v) is 12.7. The maximum Gasteiger partial charge on any atom is 0.303 e. The number of benzene rings is 1. The zero-order valence-electron chi connectivity index (χ0n) is 11.8. The molecule has 20 heavy (non-hydrogen) atoms. The van der Waals surface area contributed by atoms with Crippen LogP contribution in [0.3, 0.4) is 0 Å². The van der Waals surface area contributed by atoms with Gasteiger partial charge < -0.3 is 10.4 Å². The molecule has 0 saturated heterocycles. The molecule has 2 atom stereocenters. The second kappa shape index (κ2) is 8.64. The highest BCUT2D eigenvalue weighted by Gasteiger charge is 2.15. The molecule has 0 bridgehead atoms. The number of thioether (sulfide) groups is 1. The Hall–Kier alpha value is -1.49. The van der Waals surface area contributed by atoms with Gasteiger partial charge in [-0.25, -0.2) is 0 Å². The summed E-state index contributed by atoms with van der Waals surface area (Å²) in [6.07, 6.45) is 0.0752. The van der Waals surface area contributed by atoms with E-state index < -0.39 is 5.97 Å². The number of rotatable bonds is 8. The van der Waals surface area contributed by atoms with Crippen molar-refractivity contribution in [3.8, 4) is 0 Å². The lowest BCUT2D eigenvalue weighted by atomic mass is 10.1. The molecule has 0 aliphatic carbocycles. The van der Waals surface area contributed by atoms with Crippen molar-refractivity contribution in [3.05, 3.63) is 35.9 Å². The largest absolute Gasteiger partial charge is 0.481 e. The van der Waals surface area contributed by atoms with Gasteiger partial charge in [0.05, 0.1) is 5.25 Å². The molecular formula is C15H21NO3S. The molecule has 1 aromatic carbocycles. The smallest absolute Gasteiger partial charge is 0.303 e. The Kier molecular flexibility index (Phi) is 7.15. The number of hydrogen-bond acceptors (Lipinski definition) is 3. The SMILES string of the molecule is CC(CNC(=O)C(C)SCc1ccccc1)CC(=O)O.